The highest BCUT2D eigenvalue weighted by molar-refractivity contribution is 6.36. The van der Waals surface area contributed by atoms with Crippen molar-refractivity contribution < 1.29 is 28.8 Å². The van der Waals surface area contributed by atoms with E-state index in [1.165, 1.54) is 0 Å². The summed E-state index contributed by atoms with van der Waals surface area (Å²) in [5.41, 5.74) is 4.55. The second kappa shape index (κ2) is 14.2. The molecule has 0 aromatic rings. The number of likely N-dealkylation sites (tertiary alicyclic amines) is 1. The largest absolute Gasteiger partial charge is 0.363 e. The van der Waals surface area contributed by atoms with Gasteiger partial charge in [-0.25, -0.2) is 0 Å². The van der Waals surface area contributed by atoms with E-state index in [-0.39, 0.29) is 70.3 Å². The Bertz CT molecular complexity index is 1450. The molecule has 52 heavy (non-hydrogen) atoms. The van der Waals surface area contributed by atoms with Crippen LogP contribution in [0.4, 0.5) is 0 Å². The van der Waals surface area contributed by atoms with Crippen molar-refractivity contribution in [3.8, 4) is 0 Å². The number of hydrogen-bond acceptors (Lipinski definition) is 7. The predicted molar refractivity (Wildman–Crippen MR) is 201 cm³/mol. The fraction of sp³-hybridized carbons (Fsp3) is 0.857. The number of primary amides is 1. The fourth-order valence-corrected chi connectivity index (χ4v) is 10.9. The molecular formula is C42H68N4O6. The number of likely N-dealkylation sites (N-methyl/N-ethyl adjacent to an activating group) is 1. The molecule has 2 spiro atoms. The molecule has 10 nitrogen and oxygen atoms in total. The fourth-order valence-electron chi connectivity index (χ4n) is 10.9. The van der Waals surface area contributed by atoms with Crippen LogP contribution in [0, 0.1) is 51.2 Å². The zero-order valence-electron chi connectivity index (χ0n) is 33.9. The van der Waals surface area contributed by atoms with Crippen molar-refractivity contribution in [2.24, 2.45) is 57.0 Å². The van der Waals surface area contributed by atoms with Gasteiger partial charge >= 0.3 is 0 Å². The van der Waals surface area contributed by atoms with Crippen LogP contribution in [0.15, 0.2) is 0 Å². The van der Waals surface area contributed by atoms with Crippen LogP contribution in [-0.4, -0.2) is 94.6 Å². The van der Waals surface area contributed by atoms with E-state index < -0.39 is 40.9 Å². The normalized spacial score (nSPS) is 28.2. The predicted octanol–water partition coefficient (Wildman–Crippen LogP) is 5.44. The van der Waals surface area contributed by atoms with Gasteiger partial charge in [-0.2, -0.15) is 0 Å². The number of nitrogens with zero attached hydrogens (tertiary/aromatic N) is 3. The first-order chi connectivity index (χ1) is 24.0. The van der Waals surface area contributed by atoms with Crippen LogP contribution in [0.1, 0.15) is 133 Å². The summed E-state index contributed by atoms with van der Waals surface area (Å²) in [5.74, 6) is -3.87. The molecule has 3 saturated carbocycles. The molecule has 0 aromatic carbocycles. The van der Waals surface area contributed by atoms with Crippen LogP contribution in [0.25, 0.3) is 0 Å². The molecule has 5 atom stereocenters. The van der Waals surface area contributed by atoms with Crippen molar-refractivity contribution in [2.45, 2.75) is 145 Å². The first kappa shape index (κ1) is 40.6. The Morgan fingerprint density at radius 1 is 0.827 bits per heavy atom. The lowest BCUT2D eigenvalue weighted by molar-refractivity contribution is -0.147. The Labute approximate surface area is 312 Å². The smallest absolute Gasteiger partial charge is 0.285 e. The molecule has 2 heterocycles. The molecule has 10 heteroatoms. The maximum Gasteiger partial charge on any atom is 0.285 e. The summed E-state index contributed by atoms with van der Waals surface area (Å²) < 4.78 is 0. The van der Waals surface area contributed by atoms with Gasteiger partial charge in [0, 0.05) is 74.1 Å². The van der Waals surface area contributed by atoms with Gasteiger partial charge in [-0.05, 0) is 74.7 Å². The number of hydrogen-bond donors (Lipinski definition) is 1. The number of carbonyl (C=O) groups is 6. The van der Waals surface area contributed by atoms with E-state index in [1.54, 1.807) is 4.90 Å². The molecule has 2 saturated heterocycles. The van der Waals surface area contributed by atoms with E-state index in [1.807, 2.05) is 39.5 Å². The minimum absolute atomic E-state index is 0.000898. The van der Waals surface area contributed by atoms with Gasteiger partial charge in [-0.1, -0.05) is 74.1 Å². The number of fused-ring (bicyclic) bond motifs is 1. The van der Waals surface area contributed by atoms with Crippen LogP contribution in [-0.2, 0) is 28.8 Å². The van der Waals surface area contributed by atoms with Crippen molar-refractivity contribution in [3.63, 3.8) is 0 Å². The van der Waals surface area contributed by atoms with Gasteiger partial charge in [-0.3, -0.25) is 33.7 Å². The van der Waals surface area contributed by atoms with Gasteiger partial charge in [0.1, 0.15) is 5.78 Å². The van der Waals surface area contributed by atoms with Gasteiger partial charge in [0.25, 0.3) is 5.91 Å². The lowest BCUT2D eigenvalue weighted by Crippen LogP contribution is -2.60. The van der Waals surface area contributed by atoms with Gasteiger partial charge in [-0.15, -0.1) is 0 Å². The van der Waals surface area contributed by atoms with Crippen molar-refractivity contribution in [2.75, 3.05) is 33.2 Å². The van der Waals surface area contributed by atoms with Crippen LogP contribution in [0.3, 0.4) is 0 Å². The third kappa shape index (κ3) is 7.03. The average Bonchev–Trinajstić information content (AvgIpc) is 3.21. The van der Waals surface area contributed by atoms with Crippen molar-refractivity contribution >= 4 is 35.1 Å². The van der Waals surface area contributed by atoms with Gasteiger partial charge in [0.2, 0.25) is 17.6 Å². The van der Waals surface area contributed by atoms with Crippen LogP contribution in [0.2, 0.25) is 0 Å². The summed E-state index contributed by atoms with van der Waals surface area (Å²) in [7, 11) is 2.07. The van der Waals surface area contributed by atoms with E-state index >= 15 is 0 Å². The highest BCUT2D eigenvalue weighted by Crippen LogP contribution is 2.88. The van der Waals surface area contributed by atoms with Crippen LogP contribution in [0.5, 0.6) is 0 Å². The minimum Gasteiger partial charge on any atom is -0.363 e. The number of nitrogens with two attached hydrogens (primary N) is 1. The van der Waals surface area contributed by atoms with Crippen LogP contribution >= 0.6 is 0 Å². The van der Waals surface area contributed by atoms with E-state index in [9.17, 15) is 28.8 Å². The Kier molecular flexibility index (Phi) is 11.1. The minimum atomic E-state index is -1.01. The maximum atomic E-state index is 15.0. The van der Waals surface area contributed by atoms with E-state index in [0.717, 1.165) is 45.1 Å². The zero-order valence-corrected chi connectivity index (χ0v) is 33.9. The molecule has 2 N–H and O–H groups in total. The van der Waals surface area contributed by atoms with E-state index in [4.69, 9.17) is 5.73 Å². The zero-order chi connectivity index (χ0) is 38.8. The molecule has 3 amide bonds. The van der Waals surface area contributed by atoms with Crippen molar-refractivity contribution in [1.82, 2.24) is 14.7 Å². The highest BCUT2D eigenvalue weighted by atomic mass is 16.2. The number of piperazine rings is 1. The lowest BCUT2D eigenvalue weighted by atomic mass is 9.73. The summed E-state index contributed by atoms with van der Waals surface area (Å²) in [6.07, 6.45) is 7.29. The molecule has 292 valence electrons. The van der Waals surface area contributed by atoms with Gasteiger partial charge in [0.05, 0.1) is 6.04 Å². The van der Waals surface area contributed by atoms with Crippen LogP contribution < -0.4 is 5.73 Å². The number of ketones is 3. The average molecular weight is 725 g/mol. The molecule has 1 unspecified atom stereocenters. The molecule has 5 rings (SSSR count). The van der Waals surface area contributed by atoms with E-state index in [0.29, 0.717) is 38.4 Å². The summed E-state index contributed by atoms with van der Waals surface area (Å²) in [6.45, 7) is 21.1. The number of Topliss-reactive ketones (excluding diaryl/α,β-unsaturated/α-hetero) is 3. The summed E-state index contributed by atoms with van der Waals surface area (Å²) in [6, 6.07) is -0.721. The topological polar surface area (TPSA) is 138 Å². The molecule has 5 fully saturated rings. The quantitative estimate of drug-likeness (QED) is 0.236. The number of amides is 3. The Balaban J connectivity index is 1.38. The monoisotopic (exact) mass is 725 g/mol. The molecule has 0 aromatic heterocycles. The summed E-state index contributed by atoms with van der Waals surface area (Å²) in [4.78, 5) is 88.3. The highest BCUT2D eigenvalue weighted by Gasteiger charge is 2.85. The second-order valence-electron chi connectivity index (χ2n) is 20.2. The lowest BCUT2D eigenvalue weighted by Gasteiger charge is -2.46. The molecular weight excluding hydrogens is 656 g/mol. The van der Waals surface area contributed by atoms with Gasteiger partial charge < -0.3 is 15.5 Å². The number of rotatable bonds is 14. The SMILES string of the molecule is CC(C)[C@H](CC(=O)C[C@H](C(=O)N1C[C@]2(C[C@H]1C(=O)CC(CC1CCC1)C(=O)C(N)=O)C(C)(C)C21CCC1)C(C)(C)C)C(=O)N1CCN(C)C(C)(C)C1. The molecule has 0 radical (unpaired) electrons. The number of carbonyl (C=O) groups excluding carboxylic acids is 6. The van der Waals surface area contributed by atoms with Gasteiger partial charge in [0.15, 0.2) is 5.78 Å². The molecule has 3 aliphatic carbocycles. The first-order valence-corrected chi connectivity index (χ1v) is 20.2. The third-order valence-electron chi connectivity index (χ3n) is 15.3. The van der Waals surface area contributed by atoms with Crippen molar-refractivity contribution in [1.29, 1.82) is 0 Å². The first-order valence-electron chi connectivity index (χ1n) is 20.2. The summed E-state index contributed by atoms with van der Waals surface area (Å²) >= 11 is 0. The third-order valence-corrected chi connectivity index (χ3v) is 15.3. The Morgan fingerprint density at radius 3 is 1.92 bits per heavy atom. The molecule has 0 bridgehead atoms. The van der Waals surface area contributed by atoms with Crippen molar-refractivity contribution in [3.05, 3.63) is 0 Å². The molecule has 5 aliphatic rings. The standard InChI is InChI=1S/C42H68N4O6/c1-26(2)30(36(51)45-18-17-44(10)39(6,7)24-45)21-29(47)22-31(38(3,4)5)37(52)46-25-42(40(8,9)41(42)15-12-16-41)23-32(46)33(48)20-28(34(49)35(43)50)19-27-13-11-14-27/h26-28,30-32H,11-25H2,1-10H3,(H2,43,50)/t28?,30-,31+,32-,42+/m0/s1. The van der Waals surface area contributed by atoms with E-state index in [2.05, 4.69) is 39.6 Å². The summed E-state index contributed by atoms with van der Waals surface area (Å²) in [5, 5.41) is 0. The second-order valence-corrected chi connectivity index (χ2v) is 20.2. The molecule has 2 aliphatic heterocycles. The Morgan fingerprint density at radius 2 is 1.46 bits per heavy atom. The maximum absolute atomic E-state index is 15.0. The Hall–Kier alpha value is -2.62.